The average Bonchev–Trinajstić information content (AvgIpc) is 2.94. The van der Waals surface area contributed by atoms with E-state index in [4.69, 9.17) is 16.1 Å². The van der Waals surface area contributed by atoms with Crippen LogP contribution in [0.5, 0.6) is 0 Å². The molecule has 0 atom stereocenters. The maximum absolute atomic E-state index is 12.4. The van der Waals surface area contributed by atoms with Gasteiger partial charge in [-0.05, 0) is 38.8 Å². The summed E-state index contributed by atoms with van der Waals surface area (Å²) in [6, 6.07) is 9.18. The lowest BCUT2D eigenvalue weighted by molar-refractivity contribution is 0.392. The van der Waals surface area contributed by atoms with E-state index in [9.17, 15) is 4.79 Å². The van der Waals surface area contributed by atoms with Crippen LogP contribution in [0.25, 0.3) is 5.69 Å². The number of halogens is 1. The van der Waals surface area contributed by atoms with Crippen LogP contribution >= 0.6 is 11.6 Å². The minimum atomic E-state index is -0.344. The van der Waals surface area contributed by atoms with Gasteiger partial charge in [-0.3, -0.25) is 4.79 Å². The summed E-state index contributed by atoms with van der Waals surface area (Å²) >= 11 is 6.22. The van der Waals surface area contributed by atoms with E-state index in [2.05, 4.69) is 15.6 Å². The van der Waals surface area contributed by atoms with Crippen molar-refractivity contribution in [2.75, 3.05) is 11.9 Å². The molecule has 2 heterocycles. The number of aryl methyl sites for hydroxylation is 2. The molecule has 0 unspecified atom stereocenters. The number of para-hydroxylation sites is 1. The summed E-state index contributed by atoms with van der Waals surface area (Å²) < 4.78 is 6.44. The number of rotatable bonds is 6. The molecule has 0 fully saturated rings. The van der Waals surface area contributed by atoms with Crippen LogP contribution in [0.1, 0.15) is 23.4 Å². The Morgan fingerprint density at radius 1 is 1.24 bits per heavy atom. The molecule has 0 saturated carbocycles. The van der Waals surface area contributed by atoms with Gasteiger partial charge in [0.05, 0.1) is 23.3 Å². The van der Waals surface area contributed by atoms with Crippen molar-refractivity contribution in [1.82, 2.24) is 14.9 Å². The number of hydrogen-bond acceptors (Lipinski definition) is 5. The van der Waals surface area contributed by atoms with Crippen LogP contribution in [0.4, 0.5) is 5.69 Å². The number of hydrogen-bond donors (Lipinski definition) is 1. The second-order valence-corrected chi connectivity index (χ2v) is 6.14. The number of nitrogens with one attached hydrogen (secondary N) is 1. The summed E-state index contributed by atoms with van der Waals surface area (Å²) in [6.45, 7) is 4.51. The lowest BCUT2D eigenvalue weighted by atomic mass is 10.1. The molecule has 3 aromatic rings. The highest BCUT2D eigenvalue weighted by Gasteiger charge is 2.11. The Kier molecular flexibility index (Phi) is 5.19. The van der Waals surface area contributed by atoms with Crippen molar-refractivity contribution in [2.24, 2.45) is 0 Å². The third-order valence-corrected chi connectivity index (χ3v) is 4.39. The standard InChI is InChI=1S/C18H19ClN4O2/c1-12-15(13(2)25-22-12)9-6-10-20-16-11-21-23(18(24)17(16)19)14-7-4-3-5-8-14/h3-5,7-8,11,20H,6,9-10H2,1-2H3. The van der Waals surface area contributed by atoms with Crippen molar-refractivity contribution >= 4 is 17.3 Å². The van der Waals surface area contributed by atoms with E-state index in [1.54, 1.807) is 18.3 Å². The van der Waals surface area contributed by atoms with E-state index >= 15 is 0 Å². The van der Waals surface area contributed by atoms with Gasteiger partial charge in [0, 0.05) is 12.1 Å². The molecule has 0 saturated heterocycles. The van der Waals surface area contributed by atoms with Crippen LogP contribution in [0.2, 0.25) is 5.02 Å². The van der Waals surface area contributed by atoms with Gasteiger partial charge in [-0.25, -0.2) is 0 Å². The molecule has 0 radical (unpaired) electrons. The number of aromatic nitrogens is 3. The van der Waals surface area contributed by atoms with Crippen LogP contribution < -0.4 is 10.9 Å². The Labute approximate surface area is 150 Å². The predicted octanol–water partition coefficient (Wildman–Crippen LogP) is 3.54. The summed E-state index contributed by atoms with van der Waals surface area (Å²) in [4.78, 5) is 12.4. The molecule has 7 heteroatoms. The third-order valence-electron chi connectivity index (χ3n) is 4.02. The van der Waals surface area contributed by atoms with Crippen LogP contribution in [0, 0.1) is 13.8 Å². The van der Waals surface area contributed by atoms with E-state index < -0.39 is 0 Å². The lowest BCUT2D eigenvalue weighted by Gasteiger charge is -2.10. The number of benzene rings is 1. The highest BCUT2D eigenvalue weighted by molar-refractivity contribution is 6.32. The zero-order valence-corrected chi connectivity index (χ0v) is 14.9. The van der Waals surface area contributed by atoms with Gasteiger partial charge in [0.1, 0.15) is 10.8 Å². The van der Waals surface area contributed by atoms with E-state index in [0.29, 0.717) is 17.9 Å². The normalized spacial score (nSPS) is 10.8. The molecule has 0 aliphatic heterocycles. The zero-order chi connectivity index (χ0) is 17.8. The predicted molar refractivity (Wildman–Crippen MR) is 97.6 cm³/mol. The first kappa shape index (κ1) is 17.2. The first-order chi connectivity index (χ1) is 12.1. The fraction of sp³-hybridized carbons (Fsp3) is 0.278. The average molecular weight is 359 g/mol. The Morgan fingerprint density at radius 2 is 2.00 bits per heavy atom. The largest absolute Gasteiger partial charge is 0.382 e. The highest BCUT2D eigenvalue weighted by Crippen LogP contribution is 2.18. The highest BCUT2D eigenvalue weighted by atomic mass is 35.5. The van der Waals surface area contributed by atoms with Crippen LogP contribution in [0.15, 0.2) is 45.8 Å². The maximum atomic E-state index is 12.4. The molecule has 0 amide bonds. The van der Waals surface area contributed by atoms with Gasteiger partial charge < -0.3 is 9.84 Å². The van der Waals surface area contributed by atoms with E-state index in [1.807, 2.05) is 32.0 Å². The topological polar surface area (TPSA) is 73.0 Å². The van der Waals surface area contributed by atoms with Crippen molar-refractivity contribution in [3.63, 3.8) is 0 Å². The second kappa shape index (κ2) is 7.53. The Hall–Kier alpha value is -2.60. The minimum Gasteiger partial charge on any atom is -0.382 e. The van der Waals surface area contributed by atoms with Gasteiger partial charge in [0.15, 0.2) is 0 Å². The molecule has 3 rings (SSSR count). The molecule has 25 heavy (non-hydrogen) atoms. The first-order valence-electron chi connectivity index (χ1n) is 8.07. The monoisotopic (exact) mass is 358 g/mol. The molecule has 1 aromatic carbocycles. The fourth-order valence-electron chi connectivity index (χ4n) is 2.66. The third kappa shape index (κ3) is 3.74. The summed E-state index contributed by atoms with van der Waals surface area (Å²) in [6.07, 6.45) is 3.29. The van der Waals surface area contributed by atoms with E-state index in [0.717, 1.165) is 29.9 Å². The number of anilines is 1. The number of nitrogens with zero attached hydrogens (tertiary/aromatic N) is 3. The van der Waals surface area contributed by atoms with Crippen LogP contribution in [-0.4, -0.2) is 21.5 Å². The molecule has 0 aliphatic rings. The zero-order valence-electron chi connectivity index (χ0n) is 14.1. The Morgan fingerprint density at radius 3 is 2.68 bits per heavy atom. The lowest BCUT2D eigenvalue weighted by Crippen LogP contribution is -2.22. The van der Waals surface area contributed by atoms with Gasteiger partial charge in [-0.2, -0.15) is 9.78 Å². The van der Waals surface area contributed by atoms with Gasteiger partial charge >= 0.3 is 0 Å². The minimum absolute atomic E-state index is 0.135. The van der Waals surface area contributed by atoms with Gasteiger partial charge in [-0.1, -0.05) is 35.0 Å². The van der Waals surface area contributed by atoms with Crippen LogP contribution in [0.3, 0.4) is 0 Å². The molecule has 0 aliphatic carbocycles. The molecule has 0 spiro atoms. The van der Waals surface area contributed by atoms with Gasteiger partial charge in [0.2, 0.25) is 0 Å². The molecule has 1 N–H and O–H groups in total. The van der Waals surface area contributed by atoms with Crippen molar-refractivity contribution in [3.05, 3.63) is 68.9 Å². The van der Waals surface area contributed by atoms with E-state index in [1.165, 1.54) is 4.68 Å². The first-order valence-corrected chi connectivity index (χ1v) is 8.44. The fourth-order valence-corrected chi connectivity index (χ4v) is 2.85. The maximum Gasteiger partial charge on any atom is 0.292 e. The van der Waals surface area contributed by atoms with Crippen LogP contribution in [-0.2, 0) is 6.42 Å². The molecule has 130 valence electrons. The van der Waals surface area contributed by atoms with E-state index in [-0.39, 0.29) is 10.6 Å². The smallest absolute Gasteiger partial charge is 0.292 e. The van der Waals surface area contributed by atoms with Crippen molar-refractivity contribution in [3.8, 4) is 5.69 Å². The van der Waals surface area contributed by atoms with Crippen molar-refractivity contribution in [1.29, 1.82) is 0 Å². The quantitative estimate of drug-likeness (QED) is 0.682. The molecular formula is C18H19ClN4O2. The van der Waals surface area contributed by atoms with Gasteiger partial charge in [0.25, 0.3) is 5.56 Å². The Bertz CT molecular complexity index is 899. The second-order valence-electron chi connectivity index (χ2n) is 5.76. The molecule has 2 aromatic heterocycles. The van der Waals surface area contributed by atoms with Crippen molar-refractivity contribution in [2.45, 2.75) is 26.7 Å². The van der Waals surface area contributed by atoms with Gasteiger partial charge in [-0.15, -0.1) is 0 Å². The summed E-state index contributed by atoms with van der Waals surface area (Å²) in [7, 11) is 0. The summed E-state index contributed by atoms with van der Waals surface area (Å²) in [5.74, 6) is 0.850. The Balaban J connectivity index is 1.66. The summed E-state index contributed by atoms with van der Waals surface area (Å²) in [5, 5.41) is 11.5. The SMILES string of the molecule is Cc1noc(C)c1CCCNc1cnn(-c2ccccc2)c(=O)c1Cl. The molecule has 6 nitrogen and oxygen atoms in total. The summed E-state index contributed by atoms with van der Waals surface area (Å²) in [5.41, 5.74) is 2.92. The molecule has 0 bridgehead atoms. The molecular weight excluding hydrogens is 340 g/mol. The van der Waals surface area contributed by atoms with Crippen molar-refractivity contribution < 1.29 is 4.52 Å².